The molecule has 0 unspecified atom stereocenters. The summed E-state index contributed by atoms with van der Waals surface area (Å²) in [4.78, 5) is 18.4. The lowest BCUT2D eigenvalue weighted by molar-refractivity contribution is 0.108. The second-order valence-electron chi connectivity index (χ2n) is 7.08. The normalized spacial score (nSPS) is 16.4. The lowest BCUT2D eigenvalue weighted by Gasteiger charge is -2.33. The van der Waals surface area contributed by atoms with E-state index in [0.717, 1.165) is 23.1 Å². The molecule has 1 fully saturated rings. The number of carbonyl (C=O) groups is 1. The van der Waals surface area contributed by atoms with Gasteiger partial charge in [0.05, 0.1) is 10.2 Å². The summed E-state index contributed by atoms with van der Waals surface area (Å²) in [6.07, 6.45) is 1.57. The Hall–Kier alpha value is -1.89. The number of likely N-dealkylation sites (tertiary alicyclic amines) is 1. The number of carbonyl (C=O) groups excluding carboxylic acids is 1. The highest BCUT2D eigenvalue weighted by atomic mass is 32.1. The van der Waals surface area contributed by atoms with Crippen molar-refractivity contribution in [2.75, 3.05) is 13.1 Å². The number of hydrogen-bond donors (Lipinski definition) is 1. The Morgan fingerprint density at radius 2 is 2.08 bits per heavy atom. The maximum Gasteiger partial charge on any atom is 0.317 e. The van der Waals surface area contributed by atoms with Crippen LogP contribution in [0.1, 0.15) is 33.6 Å². The molecule has 1 saturated heterocycles. The van der Waals surface area contributed by atoms with Gasteiger partial charge in [0.2, 0.25) is 0 Å². The first-order chi connectivity index (χ1) is 11.3. The molecule has 2 heterocycles. The summed E-state index contributed by atoms with van der Waals surface area (Å²) < 4.78 is 20.0. The van der Waals surface area contributed by atoms with Crippen LogP contribution in [0.4, 0.5) is 9.18 Å². The Balaban J connectivity index is 1.55. The maximum absolute atomic E-state index is 13.2. The fraction of sp³-hybridized carbons (Fsp3) is 0.529. The molecule has 1 aliphatic rings. The molecular weight excluding hydrogens is 329 g/mol. The SMILES string of the molecule is CC(C)(C)NC(=O)N1CCC(Oc2nc3ccc(F)cc3s2)CC1. The smallest absolute Gasteiger partial charge is 0.317 e. The summed E-state index contributed by atoms with van der Waals surface area (Å²) in [6.45, 7) is 7.22. The third-order valence-electron chi connectivity index (χ3n) is 3.81. The van der Waals surface area contributed by atoms with Gasteiger partial charge in [0, 0.05) is 31.5 Å². The van der Waals surface area contributed by atoms with E-state index in [-0.39, 0.29) is 23.5 Å². The molecule has 130 valence electrons. The van der Waals surface area contributed by atoms with Gasteiger partial charge in [0.15, 0.2) is 0 Å². The number of fused-ring (bicyclic) bond motifs is 1. The first-order valence-electron chi connectivity index (χ1n) is 8.10. The van der Waals surface area contributed by atoms with Gasteiger partial charge in [-0.15, -0.1) is 0 Å². The third-order valence-corrected chi connectivity index (χ3v) is 4.72. The number of thiazole rings is 1. The first kappa shape index (κ1) is 17.0. The van der Waals surface area contributed by atoms with E-state index < -0.39 is 0 Å². The third kappa shape index (κ3) is 4.14. The molecule has 24 heavy (non-hydrogen) atoms. The lowest BCUT2D eigenvalue weighted by Crippen LogP contribution is -2.51. The quantitative estimate of drug-likeness (QED) is 0.896. The zero-order valence-electron chi connectivity index (χ0n) is 14.1. The predicted octanol–water partition coefficient (Wildman–Crippen LogP) is 3.79. The van der Waals surface area contributed by atoms with Gasteiger partial charge in [0.1, 0.15) is 11.9 Å². The largest absolute Gasteiger partial charge is 0.467 e. The fourth-order valence-corrected chi connectivity index (χ4v) is 3.55. The number of halogens is 1. The van der Waals surface area contributed by atoms with Crippen molar-refractivity contribution in [1.82, 2.24) is 15.2 Å². The molecule has 1 aromatic carbocycles. The number of nitrogens with one attached hydrogen (secondary N) is 1. The van der Waals surface area contributed by atoms with Crippen molar-refractivity contribution in [3.8, 4) is 5.19 Å². The number of nitrogens with zero attached hydrogens (tertiary/aromatic N) is 2. The van der Waals surface area contributed by atoms with Gasteiger partial charge in [0.25, 0.3) is 5.19 Å². The monoisotopic (exact) mass is 351 g/mol. The molecule has 0 radical (unpaired) electrons. The molecular formula is C17H22FN3O2S. The van der Waals surface area contributed by atoms with E-state index in [1.54, 1.807) is 6.07 Å². The number of rotatable bonds is 2. The van der Waals surface area contributed by atoms with Crippen molar-refractivity contribution < 1.29 is 13.9 Å². The first-order valence-corrected chi connectivity index (χ1v) is 8.92. The Morgan fingerprint density at radius 3 is 2.75 bits per heavy atom. The van der Waals surface area contributed by atoms with Crippen LogP contribution in [-0.4, -0.2) is 40.6 Å². The van der Waals surface area contributed by atoms with Crippen molar-refractivity contribution in [1.29, 1.82) is 0 Å². The minimum atomic E-state index is -0.268. The molecule has 0 atom stereocenters. The molecule has 0 spiro atoms. The zero-order chi connectivity index (χ0) is 17.3. The summed E-state index contributed by atoms with van der Waals surface area (Å²) in [5.74, 6) is -0.268. The van der Waals surface area contributed by atoms with E-state index in [0.29, 0.717) is 18.3 Å². The second kappa shape index (κ2) is 6.55. The van der Waals surface area contributed by atoms with Crippen LogP contribution in [0.3, 0.4) is 0 Å². The lowest BCUT2D eigenvalue weighted by atomic mass is 10.1. The van der Waals surface area contributed by atoms with E-state index >= 15 is 0 Å². The van der Waals surface area contributed by atoms with Crippen molar-refractivity contribution in [2.45, 2.75) is 45.3 Å². The van der Waals surface area contributed by atoms with E-state index in [4.69, 9.17) is 4.74 Å². The molecule has 1 N–H and O–H groups in total. The number of amides is 2. The molecule has 0 bridgehead atoms. The van der Waals surface area contributed by atoms with Crippen LogP contribution in [0.2, 0.25) is 0 Å². The fourth-order valence-electron chi connectivity index (χ4n) is 2.65. The predicted molar refractivity (Wildman–Crippen MR) is 93.1 cm³/mol. The molecule has 3 rings (SSSR count). The number of benzene rings is 1. The van der Waals surface area contributed by atoms with Crippen LogP contribution in [0.5, 0.6) is 5.19 Å². The number of ether oxygens (including phenoxy) is 1. The molecule has 0 saturated carbocycles. The van der Waals surface area contributed by atoms with Crippen LogP contribution < -0.4 is 10.1 Å². The Kier molecular flexibility index (Phi) is 4.62. The van der Waals surface area contributed by atoms with Gasteiger partial charge in [-0.3, -0.25) is 0 Å². The van der Waals surface area contributed by atoms with Crippen LogP contribution in [0.25, 0.3) is 10.2 Å². The molecule has 0 aliphatic carbocycles. The minimum Gasteiger partial charge on any atom is -0.467 e. The van der Waals surface area contributed by atoms with Crippen LogP contribution >= 0.6 is 11.3 Å². The second-order valence-corrected chi connectivity index (χ2v) is 8.07. The average Bonchev–Trinajstić information content (AvgIpc) is 2.87. The van der Waals surface area contributed by atoms with Crippen LogP contribution in [-0.2, 0) is 0 Å². The molecule has 5 nitrogen and oxygen atoms in total. The Bertz CT molecular complexity index is 733. The number of aromatic nitrogens is 1. The van der Waals surface area contributed by atoms with Gasteiger partial charge < -0.3 is 15.0 Å². The highest BCUT2D eigenvalue weighted by Gasteiger charge is 2.26. The van der Waals surface area contributed by atoms with Gasteiger partial charge in [-0.25, -0.2) is 14.2 Å². The zero-order valence-corrected chi connectivity index (χ0v) is 15.0. The summed E-state index contributed by atoms with van der Waals surface area (Å²) in [6, 6.07) is 4.50. The standard InChI is InChI=1S/C17H22FN3O2S/c1-17(2,3)20-15(22)21-8-6-12(7-9-21)23-16-19-13-5-4-11(18)10-14(13)24-16/h4-5,10,12H,6-9H2,1-3H3,(H,20,22). The van der Waals surface area contributed by atoms with Crippen molar-refractivity contribution >= 4 is 27.6 Å². The number of urea groups is 1. The van der Waals surface area contributed by atoms with E-state index in [1.165, 1.54) is 23.5 Å². The highest BCUT2D eigenvalue weighted by Crippen LogP contribution is 2.30. The molecule has 2 amide bonds. The molecule has 1 aromatic heterocycles. The minimum absolute atomic E-state index is 0.0311. The van der Waals surface area contributed by atoms with Crippen molar-refractivity contribution in [3.63, 3.8) is 0 Å². The highest BCUT2D eigenvalue weighted by molar-refractivity contribution is 7.20. The van der Waals surface area contributed by atoms with Gasteiger partial charge in [-0.1, -0.05) is 11.3 Å². The van der Waals surface area contributed by atoms with Gasteiger partial charge in [-0.2, -0.15) is 0 Å². The Labute approximate surface area is 144 Å². The van der Waals surface area contributed by atoms with Crippen LogP contribution in [0.15, 0.2) is 18.2 Å². The average molecular weight is 351 g/mol. The number of piperidine rings is 1. The molecule has 2 aromatic rings. The van der Waals surface area contributed by atoms with E-state index in [1.807, 2.05) is 25.7 Å². The van der Waals surface area contributed by atoms with Gasteiger partial charge in [-0.05, 0) is 39.0 Å². The number of hydrogen-bond acceptors (Lipinski definition) is 4. The van der Waals surface area contributed by atoms with Crippen LogP contribution in [0, 0.1) is 5.82 Å². The molecule has 7 heteroatoms. The maximum atomic E-state index is 13.2. The topological polar surface area (TPSA) is 54.5 Å². The Morgan fingerprint density at radius 1 is 1.38 bits per heavy atom. The van der Waals surface area contributed by atoms with Crippen molar-refractivity contribution in [2.24, 2.45) is 0 Å². The summed E-state index contributed by atoms with van der Waals surface area (Å²) >= 11 is 1.35. The van der Waals surface area contributed by atoms with Crippen molar-refractivity contribution in [3.05, 3.63) is 24.0 Å². The summed E-state index contributed by atoms with van der Waals surface area (Å²) in [7, 11) is 0. The van der Waals surface area contributed by atoms with E-state index in [9.17, 15) is 9.18 Å². The summed E-state index contributed by atoms with van der Waals surface area (Å²) in [5.41, 5.74) is 0.513. The van der Waals surface area contributed by atoms with Gasteiger partial charge >= 0.3 is 6.03 Å². The summed E-state index contributed by atoms with van der Waals surface area (Å²) in [5, 5.41) is 3.54. The molecule has 1 aliphatic heterocycles. The van der Waals surface area contributed by atoms with E-state index in [2.05, 4.69) is 10.3 Å².